The van der Waals surface area contributed by atoms with Gasteiger partial charge < -0.3 is 9.73 Å². The predicted molar refractivity (Wildman–Crippen MR) is 106 cm³/mol. The Morgan fingerprint density at radius 1 is 1.25 bits per heavy atom. The first-order chi connectivity index (χ1) is 13.5. The Kier molecular flexibility index (Phi) is 4.75. The van der Waals surface area contributed by atoms with Gasteiger partial charge in [-0.15, -0.1) is 0 Å². The van der Waals surface area contributed by atoms with E-state index in [1.54, 1.807) is 24.5 Å². The molecule has 0 saturated carbocycles. The first-order valence-corrected chi connectivity index (χ1v) is 9.08. The van der Waals surface area contributed by atoms with Gasteiger partial charge in [-0.25, -0.2) is 0 Å². The lowest BCUT2D eigenvalue weighted by atomic mass is 10.2. The van der Waals surface area contributed by atoms with Crippen LogP contribution in [0.5, 0.6) is 0 Å². The number of aromatic nitrogens is 4. The molecule has 0 bridgehead atoms. The maximum absolute atomic E-state index is 12.6. The van der Waals surface area contributed by atoms with E-state index in [9.17, 15) is 4.79 Å². The molecule has 0 atom stereocenters. The number of aromatic amines is 1. The molecule has 0 aliphatic carbocycles. The van der Waals surface area contributed by atoms with Crippen LogP contribution in [0.3, 0.4) is 0 Å². The van der Waals surface area contributed by atoms with Gasteiger partial charge in [-0.2, -0.15) is 10.2 Å². The van der Waals surface area contributed by atoms with Crippen molar-refractivity contribution in [2.75, 3.05) is 5.32 Å². The van der Waals surface area contributed by atoms with Gasteiger partial charge in [0, 0.05) is 11.1 Å². The smallest absolute Gasteiger partial charge is 0.276 e. The number of H-pyrrole nitrogens is 1. The first-order valence-electron chi connectivity index (χ1n) is 8.70. The standard InChI is InChI=1S/C20H18ClN5O2/c1-12-19(13(2)26(25-12)11-14-5-3-6-15(21)9-14)22-20(27)17-10-16(23-24-17)18-7-4-8-28-18/h3-10H,11H2,1-2H3,(H,22,27)(H,23,24). The van der Waals surface area contributed by atoms with Crippen molar-refractivity contribution in [3.8, 4) is 11.5 Å². The number of anilines is 1. The molecule has 0 unspecified atom stereocenters. The zero-order chi connectivity index (χ0) is 19.7. The van der Waals surface area contributed by atoms with Gasteiger partial charge in [0.1, 0.15) is 5.69 Å². The van der Waals surface area contributed by atoms with E-state index in [2.05, 4.69) is 20.6 Å². The highest BCUT2D eigenvalue weighted by Crippen LogP contribution is 2.23. The van der Waals surface area contributed by atoms with Crippen molar-refractivity contribution in [2.45, 2.75) is 20.4 Å². The number of nitrogens with zero attached hydrogens (tertiary/aromatic N) is 3. The lowest BCUT2D eigenvalue weighted by Gasteiger charge is -2.07. The summed E-state index contributed by atoms with van der Waals surface area (Å²) in [5.41, 5.74) is 4.20. The van der Waals surface area contributed by atoms with Gasteiger partial charge in [-0.05, 0) is 43.7 Å². The second-order valence-corrected chi connectivity index (χ2v) is 6.87. The van der Waals surface area contributed by atoms with Crippen LogP contribution in [0.2, 0.25) is 5.02 Å². The molecule has 0 fully saturated rings. The molecule has 1 aromatic carbocycles. The number of hydrogen-bond donors (Lipinski definition) is 2. The Morgan fingerprint density at radius 3 is 2.86 bits per heavy atom. The third-order valence-corrected chi connectivity index (χ3v) is 4.67. The van der Waals surface area contributed by atoms with Crippen LogP contribution in [0.4, 0.5) is 5.69 Å². The van der Waals surface area contributed by atoms with Crippen molar-refractivity contribution in [3.05, 3.63) is 76.4 Å². The van der Waals surface area contributed by atoms with Crippen LogP contribution in [0.25, 0.3) is 11.5 Å². The molecule has 3 heterocycles. The van der Waals surface area contributed by atoms with Crippen molar-refractivity contribution in [2.24, 2.45) is 0 Å². The van der Waals surface area contributed by atoms with Crippen LogP contribution in [-0.4, -0.2) is 25.9 Å². The van der Waals surface area contributed by atoms with E-state index >= 15 is 0 Å². The third-order valence-electron chi connectivity index (χ3n) is 4.44. The zero-order valence-corrected chi connectivity index (χ0v) is 16.1. The molecule has 0 aliphatic heterocycles. The van der Waals surface area contributed by atoms with Crippen LogP contribution < -0.4 is 5.32 Å². The van der Waals surface area contributed by atoms with Crippen molar-refractivity contribution >= 4 is 23.2 Å². The number of nitrogens with one attached hydrogen (secondary N) is 2. The normalized spacial score (nSPS) is 11.0. The predicted octanol–water partition coefficient (Wildman–Crippen LogP) is 4.44. The summed E-state index contributed by atoms with van der Waals surface area (Å²) in [4.78, 5) is 12.6. The minimum absolute atomic E-state index is 0.271. The van der Waals surface area contributed by atoms with E-state index in [0.29, 0.717) is 28.7 Å². The maximum atomic E-state index is 12.6. The molecule has 0 radical (unpaired) electrons. The van der Waals surface area contributed by atoms with Crippen molar-refractivity contribution in [3.63, 3.8) is 0 Å². The minimum atomic E-state index is -0.317. The number of amides is 1. The van der Waals surface area contributed by atoms with Crippen molar-refractivity contribution in [1.82, 2.24) is 20.0 Å². The summed E-state index contributed by atoms with van der Waals surface area (Å²) in [6.45, 7) is 4.34. The average Bonchev–Trinajstić information content (AvgIpc) is 3.39. The molecule has 142 valence electrons. The van der Waals surface area contributed by atoms with Crippen LogP contribution >= 0.6 is 11.6 Å². The summed E-state index contributed by atoms with van der Waals surface area (Å²) >= 11 is 6.06. The average molecular weight is 396 g/mol. The third kappa shape index (κ3) is 3.57. The molecular formula is C20H18ClN5O2. The zero-order valence-electron chi connectivity index (χ0n) is 15.4. The monoisotopic (exact) mass is 395 g/mol. The molecule has 8 heteroatoms. The number of carbonyl (C=O) groups excluding carboxylic acids is 1. The molecule has 28 heavy (non-hydrogen) atoms. The molecule has 4 rings (SSSR count). The SMILES string of the molecule is Cc1nn(Cc2cccc(Cl)c2)c(C)c1NC(=O)c1cc(-c2ccco2)[nH]n1. The van der Waals surface area contributed by atoms with Crippen LogP contribution in [0.15, 0.2) is 53.1 Å². The van der Waals surface area contributed by atoms with Gasteiger partial charge in [-0.1, -0.05) is 23.7 Å². The van der Waals surface area contributed by atoms with E-state index in [1.165, 1.54) is 0 Å². The summed E-state index contributed by atoms with van der Waals surface area (Å²) in [5, 5.41) is 15.0. The van der Waals surface area contributed by atoms with E-state index in [4.69, 9.17) is 16.0 Å². The Morgan fingerprint density at radius 2 is 2.11 bits per heavy atom. The van der Waals surface area contributed by atoms with E-state index in [1.807, 2.05) is 42.8 Å². The number of carbonyl (C=O) groups is 1. The minimum Gasteiger partial charge on any atom is -0.463 e. The van der Waals surface area contributed by atoms with E-state index < -0.39 is 0 Å². The topological polar surface area (TPSA) is 88.7 Å². The van der Waals surface area contributed by atoms with Crippen LogP contribution in [0, 0.1) is 13.8 Å². The lowest BCUT2D eigenvalue weighted by Crippen LogP contribution is -2.14. The molecule has 0 spiro atoms. The summed E-state index contributed by atoms with van der Waals surface area (Å²) in [7, 11) is 0. The quantitative estimate of drug-likeness (QED) is 0.523. The van der Waals surface area contributed by atoms with Crippen molar-refractivity contribution < 1.29 is 9.21 Å². The molecule has 0 aliphatic rings. The van der Waals surface area contributed by atoms with Crippen LogP contribution in [-0.2, 0) is 6.54 Å². The van der Waals surface area contributed by atoms with Gasteiger partial charge in [0.2, 0.25) is 0 Å². The largest absolute Gasteiger partial charge is 0.463 e. The number of halogens is 1. The molecule has 1 amide bonds. The van der Waals surface area contributed by atoms with Gasteiger partial charge in [-0.3, -0.25) is 14.6 Å². The Bertz CT molecular complexity index is 1130. The number of benzene rings is 1. The molecule has 2 N–H and O–H groups in total. The van der Waals surface area contributed by atoms with Gasteiger partial charge >= 0.3 is 0 Å². The van der Waals surface area contributed by atoms with Crippen LogP contribution in [0.1, 0.15) is 27.4 Å². The summed E-state index contributed by atoms with van der Waals surface area (Å²) < 4.78 is 7.15. The fourth-order valence-corrected chi connectivity index (χ4v) is 3.23. The summed E-state index contributed by atoms with van der Waals surface area (Å²) in [6, 6.07) is 12.8. The van der Waals surface area contributed by atoms with Gasteiger partial charge in [0.25, 0.3) is 5.91 Å². The number of furan rings is 1. The molecular weight excluding hydrogens is 378 g/mol. The highest BCUT2D eigenvalue weighted by Gasteiger charge is 2.18. The van der Waals surface area contributed by atoms with E-state index in [0.717, 1.165) is 17.0 Å². The number of hydrogen-bond acceptors (Lipinski definition) is 4. The van der Waals surface area contributed by atoms with Crippen molar-refractivity contribution in [1.29, 1.82) is 0 Å². The Labute approximate surface area is 166 Å². The first kappa shape index (κ1) is 18.1. The number of aryl methyl sites for hydroxylation is 1. The second-order valence-electron chi connectivity index (χ2n) is 6.43. The maximum Gasteiger partial charge on any atom is 0.276 e. The summed E-state index contributed by atoms with van der Waals surface area (Å²) in [5.74, 6) is 0.302. The molecule has 0 saturated heterocycles. The Balaban J connectivity index is 1.53. The fraction of sp³-hybridized carbons (Fsp3) is 0.150. The highest BCUT2D eigenvalue weighted by atomic mass is 35.5. The fourth-order valence-electron chi connectivity index (χ4n) is 3.01. The second kappa shape index (κ2) is 7.36. The molecule has 4 aromatic rings. The Hall–Kier alpha value is -3.32. The lowest BCUT2D eigenvalue weighted by molar-refractivity contribution is 0.102. The van der Waals surface area contributed by atoms with E-state index in [-0.39, 0.29) is 11.6 Å². The molecule has 7 nitrogen and oxygen atoms in total. The summed E-state index contributed by atoms with van der Waals surface area (Å²) in [6.07, 6.45) is 1.57. The number of rotatable bonds is 5. The highest BCUT2D eigenvalue weighted by molar-refractivity contribution is 6.30. The van der Waals surface area contributed by atoms with Gasteiger partial charge in [0.15, 0.2) is 11.5 Å². The molecule has 3 aromatic heterocycles. The van der Waals surface area contributed by atoms with Gasteiger partial charge in [0.05, 0.1) is 29.9 Å².